The molecule has 0 aliphatic heterocycles. The van der Waals surface area contributed by atoms with E-state index in [0.29, 0.717) is 13.2 Å². The Morgan fingerprint density at radius 1 is 1.77 bits per heavy atom. The molecule has 0 aliphatic rings. The number of ether oxygens (including phenoxy) is 1. The van der Waals surface area contributed by atoms with Crippen LogP contribution in [0.15, 0.2) is 0 Å². The Labute approximate surface area is 74.1 Å². The molecular weight excluding hydrogens is 176 g/mol. The molecule has 1 aromatic rings. The van der Waals surface area contributed by atoms with Crippen molar-refractivity contribution in [2.75, 3.05) is 25.6 Å². The van der Waals surface area contributed by atoms with Gasteiger partial charge < -0.3 is 15.2 Å². The van der Waals surface area contributed by atoms with Gasteiger partial charge in [0.1, 0.15) is 0 Å². The smallest absolute Gasteiger partial charge is 0.373 e. The molecule has 0 radical (unpaired) electrons. The van der Waals surface area contributed by atoms with E-state index in [9.17, 15) is 4.79 Å². The second-order valence-electron chi connectivity index (χ2n) is 2.23. The van der Waals surface area contributed by atoms with E-state index in [1.807, 2.05) is 0 Å². The molecule has 13 heavy (non-hydrogen) atoms. The van der Waals surface area contributed by atoms with Crippen molar-refractivity contribution in [1.82, 2.24) is 15.2 Å². The van der Waals surface area contributed by atoms with Crippen LogP contribution in [-0.4, -0.2) is 46.5 Å². The first kappa shape index (κ1) is 9.46. The number of rotatable bonds is 5. The van der Waals surface area contributed by atoms with Crippen LogP contribution >= 0.6 is 0 Å². The second kappa shape index (κ2) is 4.41. The van der Waals surface area contributed by atoms with Crippen LogP contribution in [0.3, 0.4) is 0 Å². The quantitative estimate of drug-likeness (QED) is 0.539. The van der Waals surface area contributed by atoms with Gasteiger partial charge in [0.15, 0.2) is 0 Å². The first-order chi connectivity index (χ1) is 6.24. The standard InChI is InChI=1S/C6H10N4O3/c1-13-3-2-7-6-8-4(5(11)12)9-10-6/h2-3H2,1H3,(H,11,12)(H2,7,8,9,10). The third kappa shape index (κ3) is 2.71. The maximum atomic E-state index is 10.4. The molecule has 0 spiro atoms. The number of aromatic nitrogens is 3. The molecule has 1 aromatic heterocycles. The van der Waals surface area contributed by atoms with Crippen molar-refractivity contribution in [1.29, 1.82) is 0 Å². The van der Waals surface area contributed by atoms with Gasteiger partial charge in [-0.1, -0.05) is 0 Å². The van der Waals surface area contributed by atoms with E-state index in [-0.39, 0.29) is 11.8 Å². The molecule has 1 heterocycles. The summed E-state index contributed by atoms with van der Waals surface area (Å²) in [6, 6.07) is 0. The van der Waals surface area contributed by atoms with Gasteiger partial charge in [-0.15, -0.1) is 5.10 Å². The number of H-pyrrole nitrogens is 1. The number of methoxy groups -OCH3 is 1. The predicted molar refractivity (Wildman–Crippen MR) is 43.7 cm³/mol. The molecule has 0 aromatic carbocycles. The fourth-order valence-electron chi connectivity index (χ4n) is 0.701. The molecule has 7 heteroatoms. The average Bonchev–Trinajstić information content (AvgIpc) is 2.53. The minimum atomic E-state index is -1.13. The summed E-state index contributed by atoms with van der Waals surface area (Å²) in [7, 11) is 1.57. The third-order valence-corrected chi connectivity index (χ3v) is 1.28. The molecule has 1 rings (SSSR count). The van der Waals surface area contributed by atoms with E-state index in [4.69, 9.17) is 9.84 Å². The van der Waals surface area contributed by atoms with Gasteiger partial charge in [-0.25, -0.2) is 4.79 Å². The molecule has 3 N–H and O–H groups in total. The van der Waals surface area contributed by atoms with Crippen LogP contribution in [-0.2, 0) is 4.74 Å². The third-order valence-electron chi connectivity index (χ3n) is 1.28. The van der Waals surface area contributed by atoms with Gasteiger partial charge in [0.05, 0.1) is 6.61 Å². The summed E-state index contributed by atoms with van der Waals surface area (Å²) in [4.78, 5) is 14.0. The van der Waals surface area contributed by atoms with Crippen molar-refractivity contribution in [3.8, 4) is 0 Å². The fraction of sp³-hybridized carbons (Fsp3) is 0.500. The molecule has 0 saturated carbocycles. The number of carboxylic acid groups (broad SMARTS) is 1. The zero-order valence-corrected chi connectivity index (χ0v) is 7.07. The number of hydrogen-bond acceptors (Lipinski definition) is 5. The molecule has 0 atom stereocenters. The van der Waals surface area contributed by atoms with Crippen LogP contribution in [0, 0.1) is 0 Å². The molecule has 7 nitrogen and oxygen atoms in total. The van der Waals surface area contributed by atoms with Gasteiger partial charge in [0.25, 0.3) is 0 Å². The molecule has 0 aliphatic carbocycles. The van der Waals surface area contributed by atoms with E-state index >= 15 is 0 Å². The van der Waals surface area contributed by atoms with E-state index in [2.05, 4.69) is 20.5 Å². The number of nitrogens with one attached hydrogen (secondary N) is 2. The van der Waals surface area contributed by atoms with Crippen molar-refractivity contribution in [3.63, 3.8) is 0 Å². The van der Waals surface area contributed by atoms with Gasteiger partial charge in [-0.05, 0) is 0 Å². The zero-order valence-electron chi connectivity index (χ0n) is 7.07. The fourth-order valence-corrected chi connectivity index (χ4v) is 0.701. The highest BCUT2D eigenvalue weighted by Crippen LogP contribution is 1.96. The Kier molecular flexibility index (Phi) is 3.21. The first-order valence-electron chi connectivity index (χ1n) is 3.62. The normalized spacial score (nSPS) is 9.92. The van der Waals surface area contributed by atoms with Gasteiger partial charge in [0, 0.05) is 13.7 Å². The highest BCUT2D eigenvalue weighted by atomic mass is 16.5. The number of anilines is 1. The van der Waals surface area contributed by atoms with E-state index in [1.165, 1.54) is 0 Å². The summed E-state index contributed by atoms with van der Waals surface area (Å²) >= 11 is 0. The Bertz CT molecular complexity index is 285. The summed E-state index contributed by atoms with van der Waals surface area (Å²) in [6.07, 6.45) is 0. The van der Waals surface area contributed by atoms with Crippen LogP contribution in [0.25, 0.3) is 0 Å². The number of aromatic amines is 1. The van der Waals surface area contributed by atoms with Crippen LogP contribution in [0.4, 0.5) is 5.95 Å². The van der Waals surface area contributed by atoms with E-state index in [1.54, 1.807) is 7.11 Å². The Morgan fingerprint density at radius 3 is 3.08 bits per heavy atom. The molecule has 0 unspecified atom stereocenters. The Hall–Kier alpha value is -1.63. The van der Waals surface area contributed by atoms with Gasteiger partial charge >= 0.3 is 5.97 Å². The summed E-state index contributed by atoms with van der Waals surface area (Å²) in [6.45, 7) is 1.05. The van der Waals surface area contributed by atoms with Crippen LogP contribution < -0.4 is 5.32 Å². The maximum Gasteiger partial charge on any atom is 0.373 e. The molecular formula is C6H10N4O3. The SMILES string of the molecule is COCCNc1n[nH]c(C(=O)O)n1. The molecule has 0 amide bonds. The Morgan fingerprint density at radius 2 is 2.54 bits per heavy atom. The van der Waals surface area contributed by atoms with Crippen LogP contribution in [0.1, 0.15) is 10.6 Å². The molecule has 0 saturated heterocycles. The second-order valence-corrected chi connectivity index (χ2v) is 2.23. The predicted octanol–water partition coefficient (Wildman–Crippen LogP) is -0.439. The van der Waals surface area contributed by atoms with Crippen molar-refractivity contribution in [3.05, 3.63) is 5.82 Å². The molecule has 0 bridgehead atoms. The zero-order chi connectivity index (χ0) is 9.68. The largest absolute Gasteiger partial charge is 0.475 e. The average molecular weight is 186 g/mol. The lowest BCUT2D eigenvalue weighted by Crippen LogP contribution is -2.08. The number of carbonyl (C=O) groups is 1. The minimum Gasteiger partial charge on any atom is -0.475 e. The van der Waals surface area contributed by atoms with Crippen molar-refractivity contribution < 1.29 is 14.6 Å². The highest BCUT2D eigenvalue weighted by molar-refractivity contribution is 5.83. The van der Waals surface area contributed by atoms with Gasteiger partial charge in [-0.2, -0.15) is 4.98 Å². The van der Waals surface area contributed by atoms with Crippen LogP contribution in [0.2, 0.25) is 0 Å². The van der Waals surface area contributed by atoms with E-state index < -0.39 is 5.97 Å². The summed E-state index contributed by atoms with van der Waals surface area (Å²) in [5.41, 5.74) is 0. The molecule has 72 valence electrons. The van der Waals surface area contributed by atoms with Gasteiger partial charge in [-0.3, -0.25) is 5.10 Å². The summed E-state index contributed by atoms with van der Waals surface area (Å²) in [5.74, 6) is -1.05. The van der Waals surface area contributed by atoms with Gasteiger partial charge in [0.2, 0.25) is 11.8 Å². The van der Waals surface area contributed by atoms with Crippen molar-refractivity contribution in [2.45, 2.75) is 0 Å². The lowest BCUT2D eigenvalue weighted by Gasteiger charge is -1.98. The Balaban J connectivity index is 2.44. The lowest BCUT2D eigenvalue weighted by molar-refractivity contribution is 0.0684. The number of aromatic carboxylic acids is 1. The lowest BCUT2D eigenvalue weighted by atomic mass is 10.6. The number of hydrogen-bond donors (Lipinski definition) is 3. The highest BCUT2D eigenvalue weighted by Gasteiger charge is 2.08. The number of carboxylic acids is 1. The van der Waals surface area contributed by atoms with Crippen molar-refractivity contribution >= 4 is 11.9 Å². The monoisotopic (exact) mass is 186 g/mol. The number of nitrogens with zero attached hydrogens (tertiary/aromatic N) is 2. The topological polar surface area (TPSA) is 100 Å². The van der Waals surface area contributed by atoms with Crippen molar-refractivity contribution in [2.24, 2.45) is 0 Å². The maximum absolute atomic E-state index is 10.4. The minimum absolute atomic E-state index is 0.181. The van der Waals surface area contributed by atoms with Crippen LogP contribution in [0.5, 0.6) is 0 Å². The molecule has 0 fully saturated rings. The summed E-state index contributed by atoms with van der Waals surface area (Å²) < 4.78 is 4.77. The van der Waals surface area contributed by atoms with E-state index in [0.717, 1.165) is 0 Å². The summed E-state index contributed by atoms with van der Waals surface area (Å²) in [5, 5.41) is 17.2. The first-order valence-corrected chi connectivity index (χ1v) is 3.62.